The van der Waals surface area contributed by atoms with Crippen molar-refractivity contribution < 1.29 is 13.2 Å². The van der Waals surface area contributed by atoms with E-state index in [2.05, 4.69) is 26.2 Å². The monoisotopic (exact) mass is 341 g/mol. The molecule has 1 aromatic carbocycles. The van der Waals surface area contributed by atoms with Gasteiger partial charge in [-0.05, 0) is 40.2 Å². The average Bonchev–Trinajstić information content (AvgIpc) is 2.83. The van der Waals surface area contributed by atoms with Crippen molar-refractivity contribution in [2.24, 2.45) is 0 Å². The normalized spacial score (nSPS) is 12.0. The highest BCUT2D eigenvalue weighted by molar-refractivity contribution is 9.10. The van der Waals surface area contributed by atoms with Crippen molar-refractivity contribution in [2.45, 2.75) is 6.18 Å². The van der Waals surface area contributed by atoms with Crippen LogP contribution in [0.3, 0.4) is 0 Å². The van der Waals surface area contributed by atoms with Crippen LogP contribution in [0.25, 0.3) is 16.8 Å². The van der Waals surface area contributed by atoms with Gasteiger partial charge in [0, 0.05) is 5.56 Å². The molecular formula is C13H7BrF3N3. The smallest absolute Gasteiger partial charge is 0.206 e. The van der Waals surface area contributed by atoms with E-state index in [-0.39, 0.29) is 0 Å². The molecule has 0 aliphatic carbocycles. The minimum absolute atomic E-state index is 0.542. The van der Waals surface area contributed by atoms with Crippen LogP contribution in [-0.4, -0.2) is 14.8 Å². The third kappa shape index (κ3) is 2.18. The molecule has 2 aromatic heterocycles. The van der Waals surface area contributed by atoms with E-state index in [1.54, 1.807) is 16.6 Å². The van der Waals surface area contributed by atoms with E-state index in [4.69, 9.17) is 0 Å². The zero-order chi connectivity index (χ0) is 14.3. The van der Waals surface area contributed by atoms with Crippen molar-refractivity contribution in [1.29, 1.82) is 0 Å². The zero-order valence-electron chi connectivity index (χ0n) is 9.89. The minimum Gasteiger partial charge on any atom is -0.206 e. The van der Waals surface area contributed by atoms with Crippen molar-refractivity contribution in [1.82, 2.24) is 14.8 Å². The number of alkyl halides is 3. The molecule has 0 saturated carbocycles. The van der Waals surface area contributed by atoms with Crippen molar-refractivity contribution in [3.05, 3.63) is 52.6 Å². The molecule has 0 saturated heterocycles. The van der Waals surface area contributed by atoms with E-state index >= 15 is 0 Å². The first-order valence-corrected chi connectivity index (χ1v) is 6.44. The molecule has 0 spiro atoms. The van der Waals surface area contributed by atoms with Gasteiger partial charge in [-0.15, -0.1) is 5.10 Å². The quantitative estimate of drug-likeness (QED) is 0.621. The third-order valence-electron chi connectivity index (χ3n) is 2.88. The second kappa shape index (κ2) is 4.59. The van der Waals surface area contributed by atoms with Gasteiger partial charge in [0.05, 0.1) is 11.1 Å². The molecule has 3 rings (SSSR count). The fraction of sp³-hybridized carbons (Fsp3) is 0.0769. The highest BCUT2D eigenvalue weighted by Gasteiger charge is 2.30. The number of hydrogen-bond donors (Lipinski definition) is 0. The van der Waals surface area contributed by atoms with Crippen molar-refractivity contribution in [3.63, 3.8) is 0 Å². The van der Waals surface area contributed by atoms with Gasteiger partial charge < -0.3 is 0 Å². The fourth-order valence-corrected chi connectivity index (χ4v) is 2.32. The number of rotatable bonds is 1. The fourth-order valence-electron chi connectivity index (χ4n) is 1.91. The molecule has 3 aromatic rings. The van der Waals surface area contributed by atoms with Crippen LogP contribution < -0.4 is 0 Å². The van der Waals surface area contributed by atoms with Gasteiger partial charge in [-0.1, -0.05) is 23.4 Å². The first-order valence-electron chi connectivity index (χ1n) is 5.64. The Morgan fingerprint density at radius 1 is 1.00 bits per heavy atom. The molecule has 0 aliphatic rings. The number of pyridine rings is 1. The van der Waals surface area contributed by atoms with Crippen molar-refractivity contribution in [2.75, 3.05) is 0 Å². The molecule has 0 amide bonds. The van der Waals surface area contributed by atoms with Crippen molar-refractivity contribution in [3.8, 4) is 11.3 Å². The van der Waals surface area contributed by atoms with Crippen LogP contribution >= 0.6 is 15.9 Å². The van der Waals surface area contributed by atoms with E-state index in [9.17, 15) is 13.2 Å². The van der Waals surface area contributed by atoms with Crippen LogP contribution in [0.2, 0.25) is 0 Å². The Morgan fingerprint density at radius 3 is 2.35 bits per heavy atom. The highest BCUT2D eigenvalue weighted by atomic mass is 79.9. The van der Waals surface area contributed by atoms with E-state index in [1.807, 2.05) is 6.07 Å². The number of nitrogens with zero attached hydrogens (tertiary/aromatic N) is 3. The lowest BCUT2D eigenvalue weighted by molar-refractivity contribution is -0.137. The number of benzene rings is 1. The Bertz CT molecular complexity index is 763. The van der Waals surface area contributed by atoms with E-state index in [0.29, 0.717) is 11.3 Å². The molecule has 0 unspecified atom stereocenters. The predicted octanol–water partition coefficient (Wildman–Crippen LogP) is 4.18. The SMILES string of the molecule is FC(F)(F)c1ccc(-c2nnn3c(Br)cccc23)cc1. The summed E-state index contributed by atoms with van der Waals surface area (Å²) in [5, 5.41) is 7.98. The highest BCUT2D eigenvalue weighted by Crippen LogP contribution is 2.31. The zero-order valence-corrected chi connectivity index (χ0v) is 11.5. The summed E-state index contributed by atoms with van der Waals surface area (Å²) >= 11 is 3.33. The molecule has 0 N–H and O–H groups in total. The van der Waals surface area contributed by atoms with Gasteiger partial charge in [0.25, 0.3) is 0 Å². The lowest BCUT2D eigenvalue weighted by Gasteiger charge is -2.06. The van der Waals surface area contributed by atoms with Gasteiger partial charge in [0.1, 0.15) is 10.3 Å². The largest absolute Gasteiger partial charge is 0.416 e. The number of fused-ring (bicyclic) bond motifs is 1. The van der Waals surface area contributed by atoms with Gasteiger partial charge in [0.15, 0.2) is 0 Å². The lowest BCUT2D eigenvalue weighted by Crippen LogP contribution is -2.04. The maximum absolute atomic E-state index is 12.5. The molecule has 0 bridgehead atoms. The molecular weight excluding hydrogens is 335 g/mol. The third-order valence-corrected chi connectivity index (χ3v) is 3.48. The second-order valence-electron chi connectivity index (χ2n) is 4.16. The average molecular weight is 342 g/mol. The lowest BCUT2D eigenvalue weighted by atomic mass is 10.1. The summed E-state index contributed by atoms with van der Waals surface area (Å²) in [6.07, 6.45) is -4.34. The summed E-state index contributed by atoms with van der Waals surface area (Å²) in [7, 11) is 0. The molecule has 2 heterocycles. The Hall–Kier alpha value is -1.89. The molecule has 3 nitrogen and oxygen atoms in total. The van der Waals surface area contributed by atoms with Gasteiger partial charge in [-0.25, -0.2) is 4.52 Å². The first-order chi connectivity index (χ1) is 9.47. The number of hydrogen-bond acceptors (Lipinski definition) is 2. The summed E-state index contributed by atoms with van der Waals surface area (Å²) in [6, 6.07) is 10.3. The Kier molecular flexibility index (Phi) is 3.01. The summed E-state index contributed by atoms with van der Waals surface area (Å²) in [6.45, 7) is 0. The first kappa shape index (κ1) is 13.1. The maximum Gasteiger partial charge on any atom is 0.416 e. The topological polar surface area (TPSA) is 30.2 Å². The van der Waals surface area contributed by atoms with Crippen LogP contribution in [0.1, 0.15) is 5.56 Å². The van der Waals surface area contributed by atoms with Gasteiger partial charge in [-0.2, -0.15) is 13.2 Å². The van der Waals surface area contributed by atoms with E-state index in [1.165, 1.54) is 12.1 Å². The summed E-state index contributed by atoms with van der Waals surface area (Å²) in [4.78, 5) is 0. The molecule has 0 radical (unpaired) electrons. The molecule has 0 atom stereocenters. The Labute approximate surface area is 120 Å². The van der Waals surface area contributed by atoms with E-state index < -0.39 is 11.7 Å². The van der Waals surface area contributed by atoms with Gasteiger partial charge in [-0.3, -0.25) is 0 Å². The Morgan fingerprint density at radius 2 is 1.70 bits per heavy atom. The van der Waals surface area contributed by atoms with Gasteiger partial charge in [0.2, 0.25) is 0 Å². The standard InChI is InChI=1S/C13H7BrF3N3/c14-11-3-1-2-10-12(18-19-20(10)11)8-4-6-9(7-5-8)13(15,16)17/h1-7H. The number of halogens is 4. The summed E-state index contributed by atoms with van der Waals surface area (Å²) in [5.41, 5.74) is 1.17. The van der Waals surface area contributed by atoms with Crippen LogP contribution in [0.15, 0.2) is 47.1 Å². The van der Waals surface area contributed by atoms with Gasteiger partial charge >= 0.3 is 6.18 Å². The van der Waals surface area contributed by atoms with E-state index in [0.717, 1.165) is 22.3 Å². The summed E-state index contributed by atoms with van der Waals surface area (Å²) in [5.74, 6) is 0. The second-order valence-corrected chi connectivity index (χ2v) is 4.97. The summed E-state index contributed by atoms with van der Waals surface area (Å²) < 4.78 is 39.9. The number of aromatic nitrogens is 3. The predicted molar refractivity (Wildman–Crippen MR) is 71.1 cm³/mol. The molecule has 0 aliphatic heterocycles. The van der Waals surface area contributed by atoms with Crippen LogP contribution in [0.4, 0.5) is 13.2 Å². The van der Waals surface area contributed by atoms with Crippen LogP contribution in [-0.2, 0) is 6.18 Å². The van der Waals surface area contributed by atoms with Crippen LogP contribution in [0.5, 0.6) is 0 Å². The van der Waals surface area contributed by atoms with Crippen molar-refractivity contribution >= 4 is 21.4 Å². The minimum atomic E-state index is -4.34. The molecule has 0 fully saturated rings. The molecule has 20 heavy (non-hydrogen) atoms. The van der Waals surface area contributed by atoms with Crippen LogP contribution in [0, 0.1) is 0 Å². The molecule has 102 valence electrons. The maximum atomic E-state index is 12.5. The molecule has 7 heteroatoms. The Balaban J connectivity index is 2.10.